The summed E-state index contributed by atoms with van der Waals surface area (Å²) in [5.74, 6) is -1.77. The second kappa shape index (κ2) is 6.88. The third-order valence-electron chi connectivity index (χ3n) is 2.73. The van der Waals surface area contributed by atoms with Crippen LogP contribution >= 0.6 is 0 Å². The first-order chi connectivity index (χ1) is 9.35. The topological polar surface area (TPSA) is 81.4 Å². The van der Waals surface area contributed by atoms with Crippen molar-refractivity contribution in [2.24, 2.45) is 5.92 Å². The van der Waals surface area contributed by atoms with Gasteiger partial charge >= 0.3 is 5.97 Å². The van der Waals surface area contributed by atoms with Crippen LogP contribution in [0.2, 0.25) is 0 Å². The van der Waals surface area contributed by atoms with Crippen LogP contribution in [0, 0.1) is 11.7 Å². The van der Waals surface area contributed by atoms with Crippen LogP contribution in [0.1, 0.15) is 30.6 Å². The van der Waals surface area contributed by atoms with Gasteiger partial charge in [0.2, 0.25) is 0 Å². The number of benzene rings is 1. The number of carbonyl (C=O) groups excluding carboxylic acids is 2. The number of rotatable bonds is 5. The van der Waals surface area contributed by atoms with Crippen molar-refractivity contribution < 1.29 is 18.7 Å². The summed E-state index contributed by atoms with van der Waals surface area (Å²) in [7, 11) is 1.24. The summed E-state index contributed by atoms with van der Waals surface area (Å²) < 4.78 is 18.2. The van der Waals surface area contributed by atoms with Crippen LogP contribution < -0.4 is 11.1 Å². The second-order valence-corrected chi connectivity index (χ2v) is 4.92. The van der Waals surface area contributed by atoms with E-state index in [-0.39, 0.29) is 17.2 Å². The lowest BCUT2D eigenvalue weighted by molar-refractivity contribution is -0.143. The van der Waals surface area contributed by atoms with Gasteiger partial charge in [0.05, 0.1) is 12.7 Å². The molecule has 0 saturated carbocycles. The normalized spacial score (nSPS) is 12.1. The number of halogens is 1. The number of amides is 1. The molecule has 20 heavy (non-hydrogen) atoms. The number of anilines is 1. The highest BCUT2D eigenvalue weighted by Crippen LogP contribution is 2.13. The van der Waals surface area contributed by atoms with Crippen molar-refractivity contribution in [1.82, 2.24) is 5.32 Å². The molecule has 1 aromatic rings. The Hall–Kier alpha value is -2.11. The van der Waals surface area contributed by atoms with Gasteiger partial charge in [0.1, 0.15) is 11.9 Å². The Bertz CT molecular complexity index is 503. The molecule has 0 aliphatic heterocycles. The van der Waals surface area contributed by atoms with Crippen LogP contribution in [0.15, 0.2) is 18.2 Å². The van der Waals surface area contributed by atoms with E-state index in [0.717, 1.165) is 6.07 Å². The number of nitrogens with two attached hydrogens (primary N) is 1. The van der Waals surface area contributed by atoms with E-state index in [9.17, 15) is 14.0 Å². The monoisotopic (exact) mass is 282 g/mol. The minimum Gasteiger partial charge on any atom is -0.467 e. The molecule has 1 rings (SSSR count). The fraction of sp³-hybridized carbons (Fsp3) is 0.429. The minimum absolute atomic E-state index is 0.171. The standard InChI is InChI=1S/C14H19FN2O3/c1-8(2)6-12(14(19)20-3)17-13(18)10-7-9(16)4-5-11(10)15/h4-5,7-8,12H,6,16H2,1-3H3,(H,17,18). The number of methoxy groups -OCH3 is 1. The Labute approximate surface area is 117 Å². The summed E-state index contributed by atoms with van der Waals surface area (Å²) in [6.45, 7) is 3.81. The SMILES string of the molecule is COC(=O)C(CC(C)C)NC(=O)c1cc(N)ccc1F. The number of hydrogen-bond donors (Lipinski definition) is 2. The van der Waals surface area contributed by atoms with E-state index in [0.29, 0.717) is 6.42 Å². The first-order valence-corrected chi connectivity index (χ1v) is 6.28. The summed E-state index contributed by atoms with van der Waals surface area (Å²) >= 11 is 0. The van der Waals surface area contributed by atoms with E-state index in [1.54, 1.807) is 0 Å². The van der Waals surface area contributed by atoms with Gasteiger partial charge in [0, 0.05) is 5.69 Å². The zero-order chi connectivity index (χ0) is 15.3. The Morgan fingerprint density at radius 3 is 2.60 bits per heavy atom. The number of nitrogen functional groups attached to an aromatic ring is 1. The van der Waals surface area contributed by atoms with Gasteiger partial charge in [-0.1, -0.05) is 13.8 Å². The number of hydrogen-bond acceptors (Lipinski definition) is 4. The molecule has 0 spiro atoms. The lowest BCUT2D eigenvalue weighted by atomic mass is 10.0. The molecule has 1 amide bonds. The summed E-state index contributed by atoms with van der Waals surface area (Å²) in [6.07, 6.45) is 0.405. The van der Waals surface area contributed by atoms with Crippen molar-refractivity contribution >= 4 is 17.6 Å². The van der Waals surface area contributed by atoms with Crippen molar-refractivity contribution in [2.75, 3.05) is 12.8 Å². The molecule has 0 aliphatic carbocycles. The van der Waals surface area contributed by atoms with Crippen LogP contribution in [0.4, 0.5) is 10.1 Å². The Balaban J connectivity index is 2.90. The Kier molecular flexibility index (Phi) is 5.49. The third-order valence-corrected chi connectivity index (χ3v) is 2.73. The first kappa shape index (κ1) is 15.9. The van der Waals surface area contributed by atoms with Crippen molar-refractivity contribution in [3.05, 3.63) is 29.6 Å². The third kappa shape index (κ3) is 4.22. The zero-order valence-electron chi connectivity index (χ0n) is 11.8. The van der Waals surface area contributed by atoms with E-state index < -0.39 is 23.7 Å². The predicted molar refractivity (Wildman–Crippen MR) is 73.5 cm³/mol. The summed E-state index contributed by atoms with van der Waals surface area (Å²) in [4.78, 5) is 23.6. The fourth-order valence-corrected chi connectivity index (χ4v) is 1.78. The maximum Gasteiger partial charge on any atom is 0.328 e. The molecule has 0 saturated heterocycles. The van der Waals surface area contributed by atoms with E-state index >= 15 is 0 Å². The van der Waals surface area contributed by atoms with Crippen molar-refractivity contribution in [1.29, 1.82) is 0 Å². The van der Waals surface area contributed by atoms with Crippen LogP contribution in [0.5, 0.6) is 0 Å². The first-order valence-electron chi connectivity index (χ1n) is 6.28. The van der Waals surface area contributed by atoms with Crippen molar-refractivity contribution in [3.63, 3.8) is 0 Å². The van der Waals surface area contributed by atoms with Crippen LogP contribution in [-0.4, -0.2) is 25.0 Å². The van der Waals surface area contributed by atoms with Crippen molar-refractivity contribution in [3.8, 4) is 0 Å². The Morgan fingerprint density at radius 2 is 2.05 bits per heavy atom. The molecular weight excluding hydrogens is 263 g/mol. The molecule has 6 heteroatoms. The van der Waals surface area contributed by atoms with E-state index in [2.05, 4.69) is 10.1 Å². The van der Waals surface area contributed by atoms with Gasteiger partial charge in [-0.2, -0.15) is 0 Å². The van der Waals surface area contributed by atoms with Gasteiger partial charge in [-0.3, -0.25) is 4.79 Å². The quantitative estimate of drug-likeness (QED) is 0.636. The molecule has 0 heterocycles. The van der Waals surface area contributed by atoms with Crippen LogP contribution in [0.3, 0.4) is 0 Å². The van der Waals surface area contributed by atoms with Crippen LogP contribution in [-0.2, 0) is 9.53 Å². The summed E-state index contributed by atoms with van der Waals surface area (Å²) in [6, 6.07) is 2.89. The fourth-order valence-electron chi connectivity index (χ4n) is 1.78. The molecule has 3 N–H and O–H groups in total. The summed E-state index contributed by atoms with van der Waals surface area (Å²) in [5.41, 5.74) is 5.61. The van der Waals surface area contributed by atoms with Gasteiger partial charge in [-0.05, 0) is 30.5 Å². The highest BCUT2D eigenvalue weighted by molar-refractivity contribution is 5.97. The smallest absolute Gasteiger partial charge is 0.328 e. The molecule has 0 aliphatic rings. The second-order valence-electron chi connectivity index (χ2n) is 4.92. The predicted octanol–water partition coefficient (Wildman–Crippen LogP) is 1.73. The molecule has 110 valence electrons. The molecule has 5 nitrogen and oxygen atoms in total. The molecule has 0 bridgehead atoms. The van der Waals surface area contributed by atoms with Gasteiger partial charge in [0.15, 0.2) is 0 Å². The molecule has 1 unspecified atom stereocenters. The lowest BCUT2D eigenvalue weighted by Crippen LogP contribution is -2.42. The molecule has 1 aromatic carbocycles. The van der Waals surface area contributed by atoms with Gasteiger partial charge in [-0.15, -0.1) is 0 Å². The molecule has 1 atom stereocenters. The highest BCUT2D eigenvalue weighted by atomic mass is 19.1. The molecular formula is C14H19FN2O3. The zero-order valence-corrected chi connectivity index (χ0v) is 11.8. The Morgan fingerprint density at radius 1 is 1.40 bits per heavy atom. The number of ether oxygens (including phenoxy) is 1. The molecule has 0 fully saturated rings. The van der Waals surface area contributed by atoms with Gasteiger partial charge in [-0.25, -0.2) is 9.18 Å². The van der Waals surface area contributed by atoms with Gasteiger partial charge in [0.25, 0.3) is 5.91 Å². The van der Waals surface area contributed by atoms with E-state index in [4.69, 9.17) is 5.73 Å². The van der Waals surface area contributed by atoms with E-state index in [1.165, 1.54) is 19.2 Å². The number of nitrogens with one attached hydrogen (secondary N) is 1. The maximum absolute atomic E-state index is 13.6. The lowest BCUT2D eigenvalue weighted by Gasteiger charge is -2.18. The van der Waals surface area contributed by atoms with Gasteiger partial charge < -0.3 is 15.8 Å². The summed E-state index contributed by atoms with van der Waals surface area (Å²) in [5, 5.41) is 2.47. The highest BCUT2D eigenvalue weighted by Gasteiger charge is 2.24. The number of esters is 1. The maximum atomic E-state index is 13.6. The molecule has 0 aromatic heterocycles. The largest absolute Gasteiger partial charge is 0.467 e. The number of carbonyl (C=O) groups is 2. The van der Waals surface area contributed by atoms with Crippen molar-refractivity contribution in [2.45, 2.75) is 26.3 Å². The minimum atomic E-state index is -0.812. The van der Waals surface area contributed by atoms with E-state index in [1.807, 2.05) is 13.8 Å². The average Bonchev–Trinajstić information content (AvgIpc) is 2.39. The van der Waals surface area contributed by atoms with Crippen LogP contribution in [0.25, 0.3) is 0 Å². The molecule has 0 radical (unpaired) electrons. The average molecular weight is 282 g/mol.